The Hall–Kier alpha value is -2.53. The van der Waals surface area contributed by atoms with E-state index in [4.69, 9.17) is 21.1 Å². The molecule has 0 saturated heterocycles. The van der Waals surface area contributed by atoms with Crippen molar-refractivity contribution >= 4 is 29.2 Å². The molecule has 0 fully saturated rings. The fourth-order valence-corrected chi connectivity index (χ4v) is 2.52. The molecule has 0 bridgehead atoms. The molecule has 5 nitrogen and oxygen atoms in total. The Kier molecular flexibility index (Phi) is 7.46. The van der Waals surface area contributed by atoms with Crippen molar-refractivity contribution in [3.05, 3.63) is 59.1 Å². The average Bonchev–Trinajstić information content (AvgIpc) is 2.63. The fourth-order valence-electron chi connectivity index (χ4n) is 2.39. The molecule has 0 aliphatic carbocycles. The summed E-state index contributed by atoms with van der Waals surface area (Å²) in [5.41, 5.74) is 1.87. The van der Waals surface area contributed by atoms with Crippen LogP contribution in [-0.2, 0) is 19.7 Å². The van der Waals surface area contributed by atoms with Crippen molar-refractivity contribution in [2.75, 3.05) is 11.9 Å². The summed E-state index contributed by atoms with van der Waals surface area (Å²) < 4.78 is 10.7. The van der Waals surface area contributed by atoms with Gasteiger partial charge in [-0.1, -0.05) is 44.5 Å². The van der Waals surface area contributed by atoms with Gasteiger partial charge in [0.2, 0.25) is 0 Å². The van der Waals surface area contributed by atoms with Gasteiger partial charge in [0.25, 0.3) is 5.91 Å². The Morgan fingerprint density at radius 1 is 1.04 bits per heavy atom. The Morgan fingerprint density at radius 3 is 2.21 bits per heavy atom. The van der Waals surface area contributed by atoms with Crippen LogP contribution in [0.4, 0.5) is 5.69 Å². The highest BCUT2D eigenvalue weighted by Gasteiger charge is 2.18. The quantitative estimate of drug-likeness (QED) is 0.662. The number of carbonyl (C=O) groups is 2. The maximum absolute atomic E-state index is 12.1. The molecule has 1 atom stereocenters. The summed E-state index contributed by atoms with van der Waals surface area (Å²) in [6.45, 7) is 8.13. The molecule has 0 aromatic heterocycles. The number of amides is 1. The van der Waals surface area contributed by atoms with Gasteiger partial charge in [-0.05, 0) is 54.3 Å². The van der Waals surface area contributed by atoms with Crippen molar-refractivity contribution in [2.45, 2.75) is 45.6 Å². The molecule has 28 heavy (non-hydrogen) atoms. The van der Waals surface area contributed by atoms with Gasteiger partial charge in [-0.2, -0.15) is 0 Å². The van der Waals surface area contributed by atoms with Crippen molar-refractivity contribution in [3.63, 3.8) is 0 Å². The predicted octanol–water partition coefficient (Wildman–Crippen LogP) is 4.98. The Labute approximate surface area is 171 Å². The van der Waals surface area contributed by atoms with Gasteiger partial charge >= 0.3 is 5.97 Å². The second-order valence-electron chi connectivity index (χ2n) is 7.50. The predicted molar refractivity (Wildman–Crippen MR) is 111 cm³/mol. The van der Waals surface area contributed by atoms with E-state index in [1.807, 2.05) is 24.3 Å². The minimum Gasteiger partial charge on any atom is -0.493 e. The number of halogens is 1. The molecule has 1 amide bonds. The molecule has 0 unspecified atom stereocenters. The largest absolute Gasteiger partial charge is 0.493 e. The molecule has 0 spiro atoms. The SMILES string of the molecule is C[C@@H](OC(=O)CCOc1ccc(C(C)(C)C)cc1)C(=O)Nc1ccc(Cl)cc1. The van der Waals surface area contributed by atoms with Crippen LogP contribution < -0.4 is 10.1 Å². The standard InChI is InChI=1S/C22H26ClNO4/c1-15(21(26)24-18-9-7-17(23)8-10-18)28-20(25)13-14-27-19-11-5-16(6-12-19)22(2,3)4/h5-12,15H,13-14H2,1-4H3,(H,24,26)/t15-/m1/s1. The van der Waals surface area contributed by atoms with E-state index >= 15 is 0 Å². The number of rotatable bonds is 7. The molecule has 1 N–H and O–H groups in total. The van der Waals surface area contributed by atoms with Crippen molar-refractivity contribution in [2.24, 2.45) is 0 Å². The van der Waals surface area contributed by atoms with E-state index in [0.717, 1.165) is 0 Å². The van der Waals surface area contributed by atoms with Gasteiger partial charge < -0.3 is 14.8 Å². The lowest BCUT2D eigenvalue weighted by molar-refractivity contribution is -0.153. The molecular weight excluding hydrogens is 378 g/mol. The van der Waals surface area contributed by atoms with Crippen LogP contribution in [-0.4, -0.2) is 24.6 Å². The molecule has 0 saturated carbocycles. The first-order valence-corrected chi connectivity index (χ1v) is 9.52. The lowest BCUT2D eigenvalue weighted by Gasteiger charge is -2.19. The average molecular weight is 404 g/mol. The van der Waals surface area contributed by atoms with Crippen LogP contribution in [0.1, 0.15) is 39.7 Å². The summed E-state index contributed by atoms with van der Waals surface area (Å²) in [6, 6.07) is 14.5. The Bertz CT molecular complexity index is 795. The zero-order chi connectivity index (χ0) is 20.7. The molecular formula is C22H26ClNO4. The maximum atomic E-state index is 12.1. The third kappa shape index (κ3) is 6.89. The van der Waals surface area contributed by atoms with Gasteiger partial charge in [0, 0.05) is 10.7 Å². The van der Waals surface area contributed by atoms with E-state index in [9.17, 15) is 9.59 Å². The molecule has 0 heterocycles. The van der Waals surface area contributed by atoms with E-state index in [1.54, 1.807) is 24.3 Å². The van der Waals surface area contributed by atoms with Crippen molar-refractivity contribution in [3.8, 4) is 5.75 Å². The van der Waals surface area contributed by atoms with Crippen molar-refractivity contribution in [1.29, 1.82) is 0 Å². The smallest absolute Gasteiger partial charge is 0.310 e. The van der Waals surface area contributed by atoms with Crippen LogP contribution in [0.2, 0.25) is 5.02 Å². The number of anilines is 1. The number of benzene rings is 2. The van der Waals surface area contributed by atoms with Crippen LogP contribution in [0.3, 0.4) is 0 Å². The van der Waals surface area contributed by atoms with E-state index in [1.165, 1.54) is 12.5 Å². The van der Waals surface area contributed by atoms with Crippen LogP contribution in [0, 0.1) is 0 Å². The highest BCUT2D eigenvalue weighted by Crippen LogP contribution is 2.24. The third-order valence-electron chi connectivity index (χ3n) is 4.08. The molecule has 0 radical (unpaired) electrons. The first kappa shape index (κ1) is 21.8. The first-order valence-electron chi connectivity index (χ1n) is 9.14. The van der Waals surface area contributed by atoms with E-state index in [-0.39, 0.29) is 18.4 Å². The number of nitrogens with one attached hydrogen (secondary N) is 1. The van der Waals surface area contributed by atoms with Gasteiger partial charge in [-0.15, -0.1) is 0 Å². The molecule has 2 rings (SSSR count). The number of carbonyl (C=O) groups excluding carboxylic acids is 2. The monoisotopic (exact) mass is 403 g/mol. The topological polar surface area (TPSA) is 64.6 Å². The molecule has 0 aliphatic heterocycles. The van der Waals surface area contributed by atoms with E-state index < -0.39 is 18.0 Å². The normalized spacial score (nSPS) is 12.2. The maximum Gasteiger partial charge on any atom is 0.310 e. The molecule has 0 aliphatic rings. The van der Waals surface area contributed by atoms with Crippen LogP contribution in [0.15, 0.2) is 48.5 Å². The zero-order valence-corrected chi connectivity index (χ0v) is 17.4. The van der Waals surface area contributed by atoms with Crippen LogP contribution in [0.25, 0.3) is 0 Å². The van der Waals surface area contributed by atoms with Gasteiger partial charge in [0.15, 0.2) is 6.10 Å². The second-order valence-corrected chi connectivity index (χ2v) is 7.94. The lowest BCUT2D eigenvalue weighted by atomic mass is 9.87. The Balaban J connectivity index is 1.74. The van der Waals surface area contributed by atoms with Gasteiger partial charge in [-0.3, -0.25) is 9.59 Å². The molecule has 2 aromatic rings. The minimum absolute atomic E-state index is 0.0551. The van der Waals surface area contributed by atoms with Crippen LogP contribution >= 0.6 is 11.6 Å². The highest BCUT2D eigenvalue weighted by atomic mass is 35.5. The van der Waals surface area contributed by atoms with Gasteiger partial charge in [-0.25, -0.2) is 0 Å². The summed E-state index contributed by atoms with van der Waals surface area (Å²) in [5.74, 6) is -0.214. The van der Waals surface area contributed by atoms with Gasteiger partial charge in [0.1, 0.15) is 5.75 Å². The zero-order valence-electron chi connectivity index (χ0n) is 16.6. The number of hydrogen-bond acceptors (Lipinski definition) is 4. The summed E-state index contributed by atoms with van der Waals surface area (Å²) >= 11 is 5.81. The third-order valence-corrected chi connectivity index (χ3v) is 4.34. The van der Waals surface area contributed by atoms with Gasteiger partial charge in [0.05, 0.1) is 13.0 Å². The summed E-state index contributed by atoms with van der Waals surface area (Å²) in [6.07, 6.45) is -0.853. The van der Waals surface area contributed by atoms with Crippen LogP contribution in [0.5, 0.6) is 5.75 Å². The fraction of sp³-hybridized carbons (Fsp3) is 0.364. The lowest BCUT2D eigenvalue weighted by Crippen LogP contribution is -2.30. The number of ether oxygens (including phenoxy) is 2. The molecule has 150 valence electrons. The summed E-state index contributed by atoms with van der Waals surface area (Å²) in [5, 5.41) is 3.24. The second kappa shape index (κ2) is 9.60. The first-order chi connectivity index (χ1) is 13.1. The number of hydrogen-bond donors (Lipinski definition) is 1. The highest BCUT2D eigenvalue weighted by molar-refractivity contribution is 6.30. The molecule has 6 heteroatoms. The summed E-state index contributed by atoms with van der Waals surface area (Å²) in [7, 11) is 0. The Morgan fingerprint density at radius 2 is 1.64 bits per heavy atom. The summed E-state index contributed by atoms with van der Waals surface area (Å²) in [4.78, 5) is 24.0. The van der Waals surface area contributed by atoms with Crippen molar-refractivity contribution in [1.82, 2.24) is 0 Å². The minimum atomic E-state index is -0.908. The molecule has 2 aromatic carbocycles. The van der Waals surface area contributed by atoms with Crippen molar-refractivity contribution < 1.29 is 19.1 Å². The van der Waals surface area contributed by atoms with E-state index in [2.05, 4.69) is 26.1 Å². The number of esters is 1. The van der Waals surface area contributed by atoms with E-state index in [0.29, 0.717) is 16.5 Å².